The summed E-state index contributed by atoms with van der Waals surface area (Å²) in [5, 5.41) is 12.0. The molecule has 1 aliphatic heterocycles. The first-order valence-corrected chi connectivity index (χ1v) is 9.69. The topological polar surface area (TPSA) is 73.5 Å². The lowest BCUT2D eigenvalue weighted by Crippen LogP contribution is -2.25. The third-order valence-electron chi connectivity index (χ3n) is 5.25. The zero-order valence-corrected chi connectivity index (χ0v) is 17.1. The number of carbonyl (C=O) groups excluding carboxylic acids is 1. The molecule has 0 aliphatic carbocycles. The van der Waals surface area contributed by atoms with Crippen molar-refractivity contribution in [2.45, 2.75) is 60.1 Å². The number of amides is 1. The second-order valence-electron chi connectivity index (χ2n) is 8.64. The Morgan fingerprint density at radius 1 is 1.24 bits per heavy atom. The highest BCUT2D eigenvalue weighted by molar-refractivity contribution is 5.78. The van der Waals surface area contributed by atoms with Gasteiger partial charge in [-0.05, 0) is 46.8 Å². The predicted octanol–water partition coefficient (Wildman–Crippen LogP) is 3.80. The van der Waals surface area contributed by atoms with E-state index in [1.54, 1.807) is 0 Å². The average Bonchev–Trinajstić information content (AvgIpc) is 3.32. The number of hydrogen-bond donors (Lipinski definition) is 1. The van der Waals surface area contributed by atoms with Gasteiger partial charge >= 0.3 is 0 Å². The molecule has 0 radical (unpaired) electrons. The van der Waals surface area contributed by atoms with Gasteiger partial charge < -0.3 is 10.1 Å². The molecule has 0 saturated carbocycles. The van der Waals surface area contributed by atoms with Crippen LogP contribution in [0.15, 0.2) is 30.7 Å². The fourth-order valence-corrected chi connectivity index (χ4v) is 3.53. The quantitative estimate of drug-likeness (QED) is 0.727. The first kappa shape index (κ1) is 20.9. The summed E-state index contributed by atoms with van der Waals surface area (Å²) < 4.78 is 10.1. The van der Waals surface area contributed by atoms with Gasteiger partial charge in [-0.15, -0.1) is 0 Å². The highest BCUT2D eigenvalue weighted by Crippen LogP contribution is 2.31. The average molecular weight is 398 g/mol. The maximum atomic E-state index is 11.6. The van der Waals surface area contributed by atoms with Gasteiger partial charge in [-0.3, -0.25) is 9.48 Å². The number of ether oxygens (including phenoxy) is 1. The van der Waals surface area contributed by atoms with Crippen LogP contribution in [0.25, 0.3) is 16.6 Å². The molecule has 0 aromatic carbocycles. The molecule has 1 saturated heterocycles. The number of carbonyl (C=O) groups is 1. The normalized spacial score (nSPS) is 17.8. The van der Waals surface area contributed by atoms with E-state index in [-0.39, 0.29) is 30.9 Å². The second kappa shape index (κ2) is 7.54. The van der Waals surface area contributed by atoms with Gasteiger partial charge in [-0.1, -0.05) is 7.43 Å². The summed E-state index contributed by atoms with van der Waals surface area (Å²) in [6, 6.07) is 4.06. The molecule has 7 heteroatoms. The van der Waals surface area contributed by atoms with E-state index in [4.69, 9.17) is 4.74 Å². The Morgan fingerprint density at radius 2 is 2.00 bits per heavy atom. The van der Waals surface area contributed by atoms with Crippen molar-refractivity contribution in [1.29, 1.82) is 0 Å². The van der Waals surface area contributed by atoms with Crippen molar-refractivity contribution < 1.29 is 9.53 Å². The number of pyridine rings is 1. The molecule has 4 heterocycles. The lowest BCUT2D eigenvalue weighted by molar-refractivity contribution is -0.119. The molecule has 3 aromatic heterocycles. The summed E-state index contributed by atoms with van der Waals surface area (Å²) in [5.41, 5.74) is 3.78. The molecular weight excluding hydrogens is 366 g/mol. The summed E-state index contributed by atoms with van der Waals surface area (Å²) in [4.78, 5) is 11.6. The molecule has 1 amide bonds. The smallest absolute Gasteiger partial charge is 0.220 e. The molecule has 4 rings (SSSR count). The van der Waals surface area contributed by atoms with Gasteiger partial charge in [0.15, 0.2) is 0 Å². The third kappa shape index (κ3) is 4.13. The molecule has 156 valence electrons. The number of aromatic nitrogens is 4. The van der Waals surface area contributed by atoms with Crippen molar-refractivity contribution in [2.24, 2.45) is 5.92 Å². The molecule has 1 fully saturated rings. The molecule has 1 aliphatic rings. The minimum atomic E-state index is -0.0828. The molecule has 0 bridgehead atoms. The molecule has 3 aromatic rings. The minimum Gasteiger partial charge on any atom is -0.488 e. The highest BCUT2D eigenvalue weighted by Gasteiger charge is 2.28. The highest BCUT2D eigenvalue weighted by atomic mass is 16.5. The molecule has 1 N–H and O–H groups in total. The lowest BCUT2D eigenvalue weighted by Gasteiger charge is -2.20. The van der Waals surface area contributed by atoms with Crippen LogP contribution in [-0.4, -0.2) is 38.0 Å². The number of nitrogens with zero attached hydrogens (tertiary/aromatic N) is 4. The van der Waals surface area contributed by atoms with Crippen molar-refractivity contribution in [1.82, 2.24) is 24.7 Å². The van der Waals surface area contributed by atoms with Crippen molar-refractivity contribution >= 4 is 11.4 Å². The Kier molecular flexibility index (Phi) is 5.43. The fraction of sp³-hybridized carbons (Fsp3) is 0.500. The minimum absolute atomic E-state index is 0. The van der Waals surface area contributed by atoms with Crippen LogP contribution in [0.3, 0.4) is 0 Å². The Hall–Kier alpha value is -2.83. The van der Waals surface area contributed by atoms with Crippen molar-refractivity contribution in [3.05, 3.63) is 36.4 Å². The van der Waals surface area contributed by atoms with Crippen LogP contribution in [0.1, 0.15) is 47.2 Å². The lowest BCUT2D eigenvalue weighted by atomic mass is 10.0. The third-order valence-corrected chi connectivity index (χ3v) is 5.25. The van der Waals surface area contributed by atoms with Crippen LogP contribution >= 0.6 is 0 Å². The van der Waals surface area contributed by atoms with E-state index in [0.717, 1.165) is 28.1 Å². The maximum Gasteiger partial charge on any atom is 0.220 e. The van der Waals surface area contributed by atoms with Gasteiger partial charge in [0.05, 0.1) is 17.4 Å². The zero-order chi connectivity index (χ0) is 20.1. The van der Waals surface area contributed by atoms with Crippen LogP contribution in [0.4, 0.5) is 0 Å². The second-order valence-corrected chi connectivity index (χ2v) is 8.64. The SMILES string of the molecule is C.Cc1cc2c(O[C@H](C)[C@H]3CNC(=O)C3)cc(-c3cnn(C(C)(C)C)c3)cn2n1. The number of aryl methyl sites for hydroxylation is 1. The van der Waals surface area contributed by atoms with Gasteiger partial charge in [0.2, 0.25) is 5.91 Å². The molecule has 7 nitrogen and oxygen atoms in total. The number of nitrogens with one attached hydrogen (secondary N) is 1. The maximum absolute atomic E-state index is 11.6. The number of hydrogen-bond acceptors (Lipinski definition) is 4. The largest absolute Gasteiger partial charge is 0.488 e. The summed E-state index contributed by atoms with van der Waals surface area (Å²) in [7, 11) is 0. The monoisotopic (exact) mass is 397 g/mol. The fourth-order valence-electron chi connectivity index (χ4n) is 3.53. The first-order valence-electron chi connectivity index (χ1n) is 9.69. The standard InChI is InChI=1S/C21H27N5O2.CH4/c1-13-6-18-19(28-14(2)15-8-20(27)22-9-15)7-16(11-25(18)24-13)17-10-23-26(12-17)21(3,4)5;/h6-7,10-12,14-15H,8-9H2,1-5H3,(H,22,27);1H4/t14-,15-;/m1./s1. The van der Waals surface area contributed by atoms with Gasteiger partial charge in [0.1, 0.15) is 17.4 Å². The molecule has 2 atom stereocenters. The Balaban J connectivity index is 0.00000240. The number of rotatable bonds is 4. The van der Waals surface area contributed by atoms with Crippen LogP contribution in [0.5, 0.6) is 5.75 Å². The summed E-state index contributed by atoms with van der Waals surface area (Å²) in [6.07, 6.45) is 6.35. The molecule has 29 heavy (non-hydrogen) atoms. The molecule has 0 unspecified atom stereocenters. The van der Waals surface area contributed by atoms with Crippen LogP contribution in [0.2, 0.25) is 0 Å². The van der Waals surface area contributed by atoms with E-state index in [9.17, 15) is 4.79 Å². The predicted molar refractivity (Wildman–Crippen MR) is 114 cm³/mol. The van der Waals surface area contributed by atoms with E-state index in [1.165, 1.54) is 0 Å². The van der Waals surface area contributed by atoms with E-state index in [0.29, 0.717) is 13.0 Å². The van der Waals surface area contributed by atoms with Crippen LogP contribution in [-0.2, 0) is 10.3 Å². The zero-order valence-electron chi connectivity index (χ0n) is 17.1. The van der Waals surface area contributed by atoms with Crippen molar-refractivity contribution in [3.63, 3.8) is 0 Å². The van der Waals surface area contributed by atoms with E-state index in [1.807, 2.05) is 53.8 Å². The van der Waals surface area contributed by atoms with E-state index in [2.05, 4.69) is 36.3 Å². The van der Waals surface area contributed by atoms with E-state index >= 15 is 0 Å². The Bertz CT molecular complexity index is 1030. The van der Waals surface area contributed by atoms with Gasteiger partial charge in [0.25, 0.3) is 0 Å². The summed E-state index contributed by atoms with van der Waals surface area (Å²) in [6.45, 7) is 11.0. The Morgan fingerprint density at radius 3 is 2.62 bits per heavy atom. The van der Waals surface area contributed by atoms with Gasteiger partial charge in [-0.2, -0.15) is 10.2 Å². The van der Waals surface area contributed by atoms with Crippen molar-refractivity contribution in [2.75, 3.05) is 6.54 Å². The van der Waals surface area contributed by atoms with Crippen molar-refractivity contribution in [3.8, 4) is 16.9 Å². The summed E-state index contributed by atoms with van der Waals surface area (Å²) in [5.74, 6) is 1.03. The van der Waals surface area contributed by atoms with Gasteiger partial charge in [-0.25, -0.2) is 4.52 Å². The summed E-state index contributed by atoms with van der Waals surface area (Å²) >= 11 is 0. The van der Waals surface area contributed by atoms with E-state index < -0.39 is 0 Å². The van der Waals surface area contributed by atoms with Gasteiger partial charge in [0, 0.05) is 42.4 Å². The first-order chi connectivity index (χ1) is 13.2. The van der Waals surface area contributed by atoms with Crippen LogP contribution in [0, 0.1) is 12.8 Å². The molecule has 0 spiro atoms. The molecular formula is C22H31N5O2. The van der Waals surface area contributed by atoms with Crippen LogP contribution < -0.4 is 10.1 Å². The number of fused-ring (bicyclic) bond motifs is 1. The Labute approximate surface area is 172 Å².